The van der Waals surface area contributed by atoms with Gasteiger partial charge in [-0.15, -0.1) is 0 Å². The molecule has 112 valence electrons. The van der Waals surface area contributed by atoms with Crippen LogP contribution in [0.4, 0.5) is 0 Å². The molecule has 0 radical (unpaired) electrons. The minimum Gasteiger partial charge on any atom is -0.480 e. The lowest BCUT2D eigenvalue weighted by Gasteiger charge is -2.18. The maximum Gasteiger partial charge on any atom is 0.328 e. The normalized spacial score (nSPS) is 13.8. The van der Waals surface area contributed by atoms with E-state index in [-0.39, 0.29) is 6.61 Å². The predicted octanol–water partition coefficient (Wildman–Crippen LogP) is 0.813. The average Bonchev–Trinajstić information content (AvgIpc) is 2.89. The Hall–Kier alpha value is -2.41. The third-order valence-corrected chi connectivity index (χ3v) is 3.23. The summed E-state index contributed by atoms with van der Waals surface area (Å²) >= 11 is 0. The van der Waals surface area contributed by atoms with Crippen molar-refractivity contribution in [2.45, 2.75) is 19.0 Å². The largest absolute Gasteiger partial charge is 0.480 e. The van der Waals surface area contributed by atoms with Crippen LogP contribution in [0.2, 0.25) is 0 Å². The van der Waals surface area contributed by atoms with Crippen molar-refractivity contribution in [3.63, 3.8) is 0 Å². The number of carboxylic acid groups (broad SMARTS) is 1. The number of amides is 1. The summed E-state index contributed by atoms with van der Waals surface area (Å²) in [4.78, 5) is 27.4. The highest BCUT2D eigenvalue weighted by atomic mass is 16.5. The van der Waals surface area contributed by atoms with Gasteiger partial charge >= 0.3 is 5.97 Å². The topological polar surface area (TPSA) is 93.5 Å². The molecule has 0 aliphatic heterocycles. The van der Waals surface area contributed by atoms with Crippen molar-refractivity contribution in [2.24, 2.45) is 0 Å². The van der Waals surface area contributed by atoms with Crippen molar-refractivity contribution in [2.75, 3.05) is 13.7 Å². The molecule has 2 aromatic rings. The molecule has 0 saturated carbocycles. The molecule has 0 saturated heterocycles. The standard InChI is InChI=1S/C14H17N3O4/c1-9(13(18)16-11(7-21-2)14(19)20)17-8-15-10-5-3-4-6-12(10)17/h3-6,8-9,11H,7H2,1-2H3,(H,16,18)(H,19,20). The van der Waals surface area contributed by atoms with Crippen LogP contribution in [-0.2, 0) is 14.3 Å². The number of imidazole rings is 1. The first-order valence-electron chi connectivity index (χ1n) is 6.48. The van der Waals surface area contributed by atoms with Gasteiger partial charge in [-0.1, -0.05) is 12.1 Å². The molecular weight excluding hydrogens is 274 g/mol. The van der Waals surface area contributed by atoms with E-state index >= 15 is 0 Å². The SMILES string of the molecule is COCC(NC(=O)C(C)n1cnc2ccccc21)C(=O)O. The summed E-state index contributed by atoms with van der Waals surface area (Å²) in [6.45, 7) is 1.60. The Kier molecular flexibility index (Phi) is 4.54. The number of hydrogen-bond acceptors (Lipinski definition) is 4. The van der Waals surface area contributed by atoms with Gasteiger partial charge in [0.1, 0.15) is 6.04 Å². The summed E-state index contributed by atoms with van der Waals surface area (Å²) in [5.74, 6) is -1.53. The minimum atomic E-state index is -1.13. The number of methoxy groups -OCH3 is 1. The van der Waals surface area contributed by atoms with E-state index in [9.17, 15) is 9.59 Å². The number of aliphatic carboxylic acids is 1. The predicted molar refractivity (Wildman–Crippen MR) is 75.9 cm³/mol. The lowest BCUT2D eigenvalue weighted by Crippen LogP contribution is -2.46. The summed E-state index contributed by atoms with van der Waals surface area (Å²) in [7, 11) is 1.38. The molecule has 21 heavy (non-hydrogen) atoms. The van der Waals surface area contributed by atoms with Crippen molar-refractivity contribution in [3.8, 4) is 0 Å². The molecule has 0 spiro atoms. The van der Waals surface area contributed by atoms with E-state index in [1.165, 1.54) is 7.11 Å². The first-order valence-corrected chi connectivity index (χ1v) is 6.48. The summed E-state index contributed by atoms with van der Waals surface area (Å²) in [6.07, 6.45) is 1.57. The summed E-state index contributed by atoms with van der Waals surface area (Å²) < 4.78 is 6.50. The Bertz CT molecular complexity index is 652. The van der Waals surface area contributed by atoms with Gasteiger partial charge in [0.25, 0.3) is 0 Å². The lowest BCUT2D eigenvalue weighted by atomic mass is 10.2. The van der Waals surface area contributed by atoms with E-state index in [0.29, 0.717) is 0 Å². The second-order valence-electron chi connectivity index (χ2n) is 4.67. The monoisotopic (exact) mass is 291 g/mol. The highest BCUT2D eigenvalue weighted by Gasteiger charge is 2.24. The zero-order chi connectivity index (χ0) is 15.4. The molecule has 1 heterocycles. The Morgan fingerprint density at radius 1 is 1.43 bits per heavy atom. The number of para-hydroxylation sites is 2. The zero-order valence-electron chi connectivity index (χ0n) is 11.8. The molecule has 0 aliphatic rings. The van der Waals surface area contributed by atoms with E-state index in [1.54, 1.807) is 17.8 Å². The molecule has 0 bridgehead atoms. The molecule has 7 nitrogen and oxygen atoms in total. The third-order valence-electron chi connectivity index (χ3n) is 3.23. The molecule has 2 rings (SSSR count). The number of rotatable bonds is 6. The molecule has 1 aromatic heterocycles. The number of nitrogens with one attached hydrogen (secondary N) is 1. The van der Waals surface area contributed by atoms with Gasteiger partial charge < -0.3 is 19.7 Å². The molecular formula is C14H17N3O4. The summed E-state index contributed by atoms with van der Waals surface area (Å²) in [5.41, 5.74) is 1.60. The van der Waals surface area contributed by atoms with Crippen molar-refractivity contribution in [1.82, 2.24) is 14.9 Å². The van der Waals surface area contributed by atoms with Crippen molar-refractivity contribution >= 4 is 22.9 Å². The van der Waals surface area contributed by atoms with E-state index in [0.717, 1.165) is 11.0 Å². The molecule has 0 aliphatic carbocycles. The Balaban J connectivity index is 2.17. The third kappa shape index (κ3) is 3.19. The van der Waals surface area contributed by atoms with Crippen LogP contribution in [0, 0.1) is 0 Å². The highest BCUT2D eigenvalue weighted by molar-refractivity contribution is 5.87. The summed E-state index contributed by atoms with van der Waals surface area (Å²) in [5, 5.41) is 11.5. The molecule has 2 unspecified atom stereocenters. The Morgan fingerprint density at radius 2 is 2.14 bits per heavy atom. The number of nitrogens with zero attached hydrogens (tertiary/aromatic N) is 2. The fourth-order valence-electron chi connectivity index (χ4n) is 2.05. The van der Waals surface area contributed by atoms with Gasteiger partial charge in [0.15, 0.2) is 6.04 Å². The van der Waals surface area contributed by atoms with Crippen LogP contribution in [0.15, 0.2) is 30.6 Å². The number of carbonyl (C=O) groups excluding carboxylic acids is 1. The van der Waals surface area contributed by atoms with E-state index in [1.807, 2.05) is 24.3 Å². The van der Waals surface area contributed by atoms with Gasteiger partial charge in [-0.3, -0.25) is 4.79 Å². The van der Waals surface area contributed by atoms with E-state index in [2.05, 4.69) is 10.3 Å². The van der Waals surface area contributed by atoms with Crippen molar-refractivity contribution in [3.05, 3.63) is 30.6 Å². The van der Waals surface area contributed by atoms with E-state index < -0.39 is 24.0 Å². The summed E-state index contributed by atoms with van der Waals surface area (Å²) in [6, 6.07) is 5.78. The van der Waals surface area contributed by atoms with Crippen molar-refractivity contribution in [1.29, 1.82) is 0 Å². The quantitative estimate of drug-likeness (QED) is 0.821. The maximum absolute atomic E-state index is 12.2. The number of fused-ring (bicyclic) bond motifs is 1. The molecule has 0 fully saturated rings. The highest BCUT2D eigenvalue weighted by Crippen LogP contribution is 2.17. The van der Waals surface area contributed by atoms with Crippen LogP contribution < -0.4 is 5.32 Å². The second kappa shape index (κ2) is 6.36. The average molecular weight is 291 g/mol. The van der Waals surface area contributed by atoms with Gasteiger partial charge in [0.2, 0.25) is 5.91 Å². The Labute approximate surface area is 121 Å². The van der Waals surface area contributed by atoms with Gasteiger partial charge in [0.05, 0.1) is 24.0 Å². The van der Waals surface area contributed by atoms with Crippen LogP contribution >= 0.6 is 0 Å². The van der Waals surface area contributed by atoms with Crippen LogP contribution in [0.25, 0.3) is 11.0 Å². The van der Waals surface area contributed by atoms with Gasteiger partial charge in [-0.2, -0.15) is 0 Å². The number of hydrogen-bond donors (Lipinski definition) is 2. The number of benzene rings is 1. The van der Waals surface area contributed by atoms with Crippen molar-refractivity contribution < 1.29 is 19.4 Å². The second-order valence-corrected chi connectivity index (χ2v) is 4.67. The smallest absolute Gasteiger partial charge is 0.328 e. The number of carboxylic acids is 1. The van der Waals surface area contributed by atoms with Gasteiger partial charge in [-0.25, -0.2) is 9.78 Å². The van der Waals surface area contributed by atoms with Crippen LogP contribution in [-0.4, -0.2) is 46.3 Å². The van der Waals surface area contributed by atoms with E-state index in [4.69, 9.17) is 9.84 Å². The van der Waals surface area contributed by atoms with Crippen LogP contribution in [0.1, 0.15) is 13.0 Å². The van der Waals surface area contributed by atoms with Gasteiger partial charge in [0, 0.05) is 7.11 Å². The van der Waals surface area contributed by atoms with Gasteiger partial charge in [-0.05, 0) is 19.1 Å². The van der Waals surface area contributed by atoms with Crippen LogP contribution in [0.3, 0.4) is 0 Å². The maximum atomic E-state index is 12.2. The minimum absolute atomic E-state index is 0.0849. The molecule has 1 amide bonds. The molecule has 2 N–H and O–H groups in total. The zero-order valence-corrected chi connectivity index (χ0v) is 11.8. The first kappa shape index (κ1) is 15.0. The number of carbonyl (C=O) groups is 2. The number of ether oxygens (including phenoxy) is 1. The number of aromatic nitrogens is 2. The van der Waals surface area contributed by atoms with Crippen LogP contribution in [0.5, 0.6) is 0 Å². The molecule has 7 heteroatoms. The fraction of sp³-hybridized carbons (Fsp3) is 0.357. The molecule has 1 aromatic carbocycles. The molecule has 2 atom stereocenters. The lowest BCUT2D eigenvalue weighted by molar-refractivity contribution is -0.143. The Morgan fingerprint density at radius 3 is 2.81 bits per heavy atom. The fourth-order valence-corrected chi connectivity index (χ4v) is 2.05. The first-order chi connectivity index (χ1) is 10.0.